The van der Waals surface area contributed by atoms with E-state index in [0.717, 1.165) is 0 Å². The summed E-state index contributed by atoms with van der Waals surface area (Å²) in [5.41, 5.74) is 1.47. The molecule has 40 heavy (non-hydrogen) atoms. The summed E-state index contributed by atoms with van der Waals surface area (Å²) in [6, 6.07) is 17.1. The topological polar surface area (TPSA) is 140 Å². The molecule has 11 nitrogen and oxygen atoms in total. The Labute approximate surface area is 231 Å². The van der Waals surface area contributed by atoms with Gasteiger partial charge in [-0.3, -0.25) is 9.03 Å². The normalized spacial score (nSPS) is 13.3. The van der Waals surface area contributed by atoms with Crippen molar-refractivity contribution in [3.63, 3.8) is 0 Å². The van der Waals surface area contributed by atoms with Crippen LogP contribution in [-0.4, -0.2) is 51.9 Å². The Kier molecular flexibility index (Phi) is 7.32. The molecule has 1 aliphatic heterocycles. The highest BCUT2D eigenvalue weighted by Crippen LogP contribution is 2.34. The lowest BCUT2D eigenvalue weighted by Crippen LogP contribution is -2.27. The number of allylic oxidation sites excluding steroid dienone is 2. The van der Waals surface area contributed by atoms with E-state index >= 15 is 0 Å². The van der Waals surface area contributed by atoms with Crippen LogP contribution in [-0.2, 0) is 20.0 Å². The summed E-state index contributed by atoms with van der Waals surface area (Å²) in [5, 5.41) is 3.10. The second kappa shape index (κ2) is 10.9. The Bertz CT molecular complexity index is 1840. The van der Waals surface area contributed by atoms with Gasteiger partial charge in [-0.2, -0.15) is 0 Å². The molecule has 0 atom stereocenters. The summed E-state index contributed by atoms with van der Waals surface area (Å²) in [5.74, 6) is 1.08. The van der Waals surface area contributed by atoms with Gasteiger partial charge in [0.25, 0.3) is 20.0 Å². The molecule has 2 N–H and O–H groups in total. The average Bonchev–Trinajstić information content (AvgIpc) is 2.97. The lowest BCUT2D eigenvalue weighted by atomic mass is 10.2. The van der Waals surface area contributed by atoms with Gasteiger partial charge in [0.1, 0.15) is 11.5 Å². The average molecular weight is 580 g/mol. The molecular formula is C27H25N5O6S2. The number of rotatable bonds is 9. The maximum atomic E-state index is 13.4. The largest absolute Gasteiger partial charge is 0.497 e. The van der Waals surface area contributed by atoms with E-state index in [4.69, 9.17) is 9.47 Å². The molecule has 3 aromatic carbocycles. The zero-order valence-electron chi connectivity index (χ0n) is 21.5. The molecule has 0 unspecified atom stereocenters. The van der Waals surface area contributed by atoms with Crippen molar-refractivity contribution in [3.05, 3.63) is 91.2 Å². The van der Waals surface area contributed by atoms with E-state index in [1.165, 1.54) is 49.0 Å². The molecule has 0 saturated carbocycles. The summed E-state index contributed by atoms with van der Waals surface area (Å²) in [4.78, 5) is 8.89. The van der Waals surface area contributed by atoms with Crippen molar-refractivity contribution in [2.45, 2.75) is 9.79 Å². The lowest BCUT2D eigenvalue weighted by Gasteiger charge is -2.20. The first kappa shape index (κ1) is 27.0. The van der Waals surface area contributed by atoms with Gasteiger partial charge in [0, 0.05) is 12.3 Å². The second-order valence-electron chi connectivity index (χ2n) is 8.52. The molecule has 0 radical (unpaired) electrons. The first-order valence-electron chi connectivity index (χ1n) is 12.0. The quantitative estimate of drug-likeness (QED) is 0.298. The zero-order chi connectivity index (χ0) is 28.3. The third-order valence-electron chi connectivity index (χ3n) is 5.99. The number of nitrogens with zero attached hydrogens (tertiary/aromatic N) is 3. The van der Waals surface area contributed by atoms with E-state index in [1.54, 1.807) is 60.7 Å². The summed E-state index contributed by atoms with van der Waals surface area (Å²) in [7, 11) is -5.00. The minimum absolute atomic E-state index is 0.0376. The fourth-order valence-corrected chi connectivity index (χ4v) is 6.21. The van der Waals surface area contributed by atoms with E-state index < -0.39 is 20.0 Å². The van der Waals surface area contributed by atoms with Gasteiger partial charge in [-0.25, -0.2) is 26.8 Å². The number of hydrogen-bond acceptors (Lipinski definition) is 9. The summed E-state index contributed by atoms with van der Waals surface area (Å²) in [6.07, 6.45) is 6.51. The molecule has 0 saturated heterocycles. The van der Waals surface area contributed by atoms with Gasteiger partial charge in [-0.1, -0.05) is 24.3 Å². The van der Waals surface area contributed by atoms with Crippen molar-refractivity contribution in [1.82, 2.24) is 14.3 Å². The van der Waals surface area contributed by atoms with Crippen LogP contribution < -0.4 is 19.5 Å². The van der Waals surface area contributed by atoms with Gasteiger partial charge in [0.05, 0.1) is 47.3 Å². The van der Waals surface area contributed by atoms with E-state index in [0.29, 0.717) is 28.2 Å². The standard InChI is InChI=1S/C27H25N5O6S2/c1-37-19-10-15-25(38-2)24(18-19)30-26-27(29-23-9-5-4-8-22(23)28-26)31-39(33,34)20-11-13-21(14-12-20)40(35,36)32-16-6-3-7-17-32/h3-16,18H,17H2,1-2H3,(H,28,30)(H,29,31). The highest BCUT2D eigenvalue weighted by molar-refractivity contribution is 7.92. The molecule has 206 valence electrons. The Morgan fingerprint density at radius 2 is 1.48 bits per heavy atom. The van der Waals surface area contributed by atoms with E-state index in [-0.39, 0.29) is 28.0 Å². The Morgan fingerprint density at radius 1 is 0.800 bits per heavy atom. The molecule has 0 aliphatic carbocycles. The molecule has 2 heterocycles. The number of methoxy groups -OCH3 is 2. The molecule has 5 rings (SSSR count). The highest BCUT2D eigenvalue weighted by atomic mass is 32.2. The first-order chi connectivity index (χ1) is 19.2. The monoisotopic (exact) mass is 579 g/mol. The maximum Gasteiger partial charge on any atom is 0.264 e. The van der Waals surface area contributed by atoms with Gasteiger partial charge in [0.2, 0.25) is 0 Å². The molecule has 4 aromatic rings. The lowest BCUT2D eigenvalue weighted by molar-refractivity contribution is 0.405. The van der Waals surface area contributed by atoms with Crippen LogP contribution in [0, 0.1) is 0 Å². The summed E-state index contributed by atoms with van der Waals surface area (Å²) < 4.78 is 67.0. The number of fused-ring (bicyclic) bond motifs is 1. The fraction of sp³-hybridized carbons (Fsp3) is 0.111. The van der Waals surface area contributed by atoms with E-state index in [1.807, 2.05) is 0 Å². The molecule has 1 aliphatic rings. The Balaban J connectivity index is 1.49. The van der Waals surface area contributed by atoms with Crippen molar-refractivity contribution < 1.29 is 26.3 Å². The third kappa shape index (κ3) is 5.42. The zero-order valence-corrected chi connectivity index (χ0v) is 23.1. The van der Waals surface area contributed by atoms with Gasteiger partial charge >= 0.3 is 0 Å². The number of nitrogens with one attached hydrogen (secondary N) is 2. The first-order valence-corrected chi connectivity index (χ1v) is 14.9. The molecule has 0 amide bonds. The number of benzene rings is 3. The van der Waals surface area contributed by atoms with E-state index in [9.17, 15) is 16.8 Å². The Hall–Kier alpha value is -4.62. The van der Waals surface area contributed by atoms with E-state index in [2.05, 4.69) is 20.0 Å². The molecule has 0 fully saturated rings. The molecular weight excluding hydrogens is 554 g/mol. The SMILES string of the molecule is COc1ccc(OC)c(Nc2nc3ccccc3nc2NS(=O)(=O)c2ccc(S(=O)(=O)N3C=CC=CC3)cc2)c1. The number of sulfonamides is 2. The third-order valence-corrected chi connectivity index (χ3v) is 9.10. The van der Waals surface area contributed by atoms with Gasteiger partial charge in [0.15, 0.2) is 11.6 Å². The molecule has 13 heteroatoms. The number of para-hydroxylation sites is 2. The summed E-state index contributed by atoms with van der Waals surface area (Å²) >= 11 is 0. The fourth-order valence-electron chi connectivity index (χ4n) is 3.94. The highest BCUT2D eigenvalue weighted by Gasteiger charge is 2.24. The van der Waals surface area contributed by atoms with Crippen molar-refractivity contribution in [1.29, 1.82) is 0 Å². The van der Waals surface area contributed by atoms with Crippen molar-refractivity contribution in [2.24, 2.45) is 0 Å². The van der Waals surface area contributed by atoms with Gasteiger partial charge < -0.3 is 14.8 Å². The smallest absolute Gasteiger partial charge is 0.264 e. The number of hydrogen-bond donors (Lipinski definition) is 2. The van der Waals surface area contributed by atoms with Crippen LogP contribution in [0.1, 0.15) is 0 Å². The van der Waals surface area contributed by atoms with Gasteiger partial charge in [-0.15, -0.1) is 0 Å². The van der Waals surface area contributed by atoms with Crippen LogP contribution in [0.3, 0.4) is 0 Å². The molecule has 0 spiro atoms. The maximum absolute atomic E-state index is 13.4. The minimum atomic E-state index is -4.19. The predicted octanol–water partition coefficient (Wildman–Crippen LogP) is 4.27. The molecule has 0 bridgehead atoms. The second-order valence-corrected chi connectivity index (χ2v) is 12.1. The van der Waals surface area contributed by atoms with Crippen LogP contribution in [0.4, 0.5) is 17.3 Å². The van der Waals surface area contributed by atoms with Crippen LogP contribution in [0.2, 0.25) is 0 Å². The number of anilines is 3. The minimum Gasteiger partial charge on any atom is -0.497 e. The van der Waals surface area contributed by atoms with Crippen molar-refractivity contribution in [2.75, 3.05) is 30.8 Å². The van der Waals surface area contributed by atoms with Crippen LogP contribution >= 0.6 is 0 Å². The predicted molar refractivity (Wildman–Crippen MR) is 152 cm³/mol. The van der Waals surface area contributed by atoms with Crippen molar-refractivity contribution >= 4 is 48.4 Å². The Morgan fingerprint density at radius 3 is 2.10 bits per heavy atom. The summed E-state index contributed by atoms with van der Waals surface area (Å²) in [6.45, 7) is 0.189. The van der Waals surface area contributed by atoms with Crippen LogP contribution in [0.25, 0.3) is 11.0 Å². The number of ether oxygens (including phenoxy) is 2. The van der Waals surface area contributed by atoms with Crippen molar-refractivity contribution in [3.8, 4) is 11.5 Å². The number of aromatic nitrogens is 2. The van der Waals surface area contributed by atoms with Crippen LogP contribution in [0.15, 0.2) is 101 Å². The van der Waals surface area contributed by atoms with Gasteiger partial charge in [-0.05, 0) is 54.6 Å². The molecule has 1 aromatic heterocycles. The van der Waals surface area contributed by atoms with Crippen LogP contribution in [0.5, 0.6) is 11.5 Å².